The van der Waals surface area contributed by atoms with Crippen LogP contribution in [-0.4, -0.2) is 56.3 Å². The van der Waals surface area contributed by atoms with E-state index in [9.17, 15) is 14.9 Å². The van der Waals surface area contributed by atoms with Crippen LogP contribution in [-0.2, 0) is 9.47 Å². The minimum Gasteiger partial charge on any atom is -0.398 e. The fourth-order valence-corrected chi connectivity index (χ4v) is 1.73. The summed E-state index contributed by atoms with van der Waals surface area (Å²) in [7, 11) is 3.06. The third kappa shape index (κ3) is 4.69. The van der Waals surface area contributed by atoms with Gasteiger partial charge in [0.1, 0.15) is 0 Å². The van der Waals surface area contributed by atoms with E-state index in [-0.39, 0.29) is 22.8 Å². The van der Waals surface area contributed by atoms with Gasteiger partial charge < -0.3 is 20.1 Å². The zero-order valence-electron chi connectivity index (χ0n) is 12.1. The summed E-state index contributed by atoms with van der Waals surface area (Å²) in [5, 5.41) is 10.8. The molecule has 0 aliphatic heterocycles. The van der Waals surface area contributed by atoms with Crippen LogP contribution in [0.15, 0.2) is 18.2 Å². The van der Waals surface area contributed by atoms with Gasteiger partial charge in [0.2, 0.25) is 0 Å². The number of hydrogen-bond acceptors (Lipinski definition) is 6. The third-order valence-electron chi connectivity index (χ3n) is 2.90. The lowest BCUT2D eigenvalue weighted by molar-refractivity contribution is -0.384. The molecule has 8 heteroatoms. The molecule has 0 unspecified atom stereocenters. The highest BCUT2D eigenvalue weighted by atomic mass is 16.6. The lowest BCUT2D eigenvalue weighted by Gasteiger charge is -2.22. The van der Waals surface area contributed by atoms with Gasteiger partial charge in [0.25, 0.3) is 11.6 Å². The molecule has 0 spiro atoms. The third-order valence-corrected chi connectivity index (χ3v) is 2.90. The number of ether oxygens (including phenoxy) is 2. The summed E-state index contributed by atoms with van der Waals surface area (Å²) >= 11 is 0. The normalized spacial score (nSPS) is 10.4. The monoisotopic (exact) mass is 297 g/mol. The molecule has 8 nitrogen and oxygen atoms in total. The molecule has 0 saturated carbocycles. The van der Waals surface area contributed by atoms with Crippen molar-refractivity contribution in [2.75, 3.05) is 46.3 Å². The van der Waals surface area contributed by atoms with Crippen LogP contribution in [0.3, 0.4) is 0 Å². The average molecular weight is 297 g/mol. The summed E-state index contributed by atoms with van der Waals surface area (Å²) in [5.74, 6) is -0.384. The van der Waals surface area contributed by atoms with Crippen molar-refractivity contribution in [2.24, 2.45) is 0 Å². The molecule has 0 atom stereocenters. The SMILES string of the molecule is COCCN(CCOC)C(=O)c1cc([N+](=O)[O-])ccc1N. The first-order valence-corrected chi connectivity index (χ1v) is 6.32. The number of nitro groups is 1. The fraction of sp³-hybridized carbons (Fsp3) is 0.462. The lowest BCUT2D eigenvalue weighted by atomic mass is 10.1. The quantitative estimate of drug-likeness (QED) is 0.434. The predicted molar refractivity (Wildman–Crippen MR) is 77.2 cm³/mol. The number of rotatable bonds is 8. The van der Waals surface area contributed by atoms with Crippen molar-refractivity contribution in [2.45, 2.75) is 0 Å². The molecule has 21 heavy (non-hydrogen) atoms. The van der Waals surface area contributed by atoms with E-state index in [0.717, 1.165) is 0 Å². The molecule has 0 heterocycles. The summed E-state index contributed by atoms with van der Waals surface area (Å²) < 4.78 is 9.91. The maximum absolute atomic E-state index is 12.5. The summed E-state index contributed by atoms with van der Waals surface area (Å²) in [6.45, 7) is 1.40. The van der Waals surface area contributed by atoms with Crippen molar-refractivity contribution in [1.29, 1.82) is 0 Å². The Hall–Kier alpha value is -2.19. The maximum Gasteiger partial charge on any atom is 0.270 e. The van der Waals surface area contributed by atoms with E-state index < -0.39 is 4.92 Å². The Balaban J connectivity index is 3.00. The molecule has 0 fully saturated rings. The molecular weight excluding hydrogens is 278 g/mol. The van der Waals surface area contributed by atoms with E-state index in [1.165, 1.54) is 37.3 Å². The second-order valence-corrected chi connectivity index (χ2v) is 4.31. The smallest absolute Gasteiger partial charge is 0.270 e. The number of methoxy groups -OCH3 is 2. The van der Waals surface area contributed by atoms with Gasteiger partial charge in [-0.1, -0.05) is 0 Å². The van der Waals surface area contributed by atoms with E-state index in [2.05, 4.69) is 0 Å². The Morgan fingerprint density at radius 3 is 2.33 bits per heavy atom. The Kier molecular flexibility index (Phi) is 6.57. The Labute approximate surface area is 122 Å². The number of anilines is 1. The van der Waals surface area contributed by atoms with Crippen LogP contribution in [0.2, 0.25) is 0 Å². The number of carbonyl (C=O) groups is 1. The van der Waals surface area contributed by atoms with Crippen molar-refractivity contribution in [3.8, 4) is 0 Å². The predicted octanol–water partition coefficient (Wildman–Crippen LogP) is 0.912. The van der Waals surface area contributed by atoms with E-state index in [1.54, 1.807) is 0 Å². The van der Waals surface area contributed by atoms with Gasteiger partial charge >= 0.3 is 0 Å². The molecular formula is C13H19N3O5. The van der Waals surface area contributed by atoms with Gasteiger partial charge in [-0.05, 0) is 6.07 Å². The number of nitrogens with zero attached hydrogens (tertiary/aromatic N) is 2. The van der Waals surface area contributed by atoms with Gasteiger partial charge in [-0.15, -0.1) is 0 Å². The molecule has 0 radical (unpaired) electrons. The largest absolute Gasteiger partial charge is 0.398 e. The first-order chi connectivity index (χ1) is 10.0. The number of hydrogen-bond donors (Lipinski definition) is 1. The number of nitro benzene ring substituents is 1. The van der Waals surface area contributed by atoms with Crippen molar-refractivity contribution in [1.82, 2.24) is 4.90 Å². The minimum atomic E-state index is -0.565. The van der Waals surface area contributed by atoms with Crippen molar-refractivity contribution in [3.63, 3.8) is 0 Å². The lowest BCUT2D eigenvalue weighted by Crippen LogP contribution is -2.36. The number of benzene rings is 1. The van der Waals surface area contributed by atoms with Crippen molar-refractivity contribution >= 4 is 17.3 Å². The highest BCUT2D eigenvalue weighted by molar-refractivity contribution is 5.99. The number of non-ortho nitro benzene ring substituents is 1. The van der Waals surface area contributed by atoms with Crippen LogP contribution in [0.25, 0.3) is 0 Å². The first-order valence-electron chi connectivity index (χ1n) is 6.32. The molecule has 2 N–H and O–H groups in total. The summed E-state index contributed by atoms with van der Waals surface area (Å²) in [6.07, 6.45) is 0. The van der Waals surface area contributed by atoms with Gasteiger partial charge in [-0.3, -0.25) is 14.9 Å². The molecule has 1 aromatic rings. The van der Waals surface area contributed by atoms with Crippen molar-refractivity contribution in [3.05, 3.63) is 33.9 Å². The highest BCUT2D eigenvalue weighted by Gasteiger charge is 2.20. The molecule has 0 aromatic heterocycles. The van der Waals surface area contributed by atoms with Gasteiger partial charge in [0.05, 0.1) is 23.7 Å². The maximum atomic E-state index is 12.5. The second-order valence-electron chi connectivity index (χ2n) is 4.31. The van der Waals surface area contributed by atoms with Gasteiger partial charge in [-0.2, -0.15) is 0 Å². The summed E-state index contributed by atoms with van der Waals surface area (Å²) in [4.78, 5) is 24.2. The van der Waals surface area contributed by atoms with Gasteiger partial charge in [0, 0.05) is 45.1 Å². The van der Waals surface area contributed by atoms with Crippen LogP contribution < -0.4 is 5.73 Å². The number of carbonyl (C=O) groups excluding carboxylic acids is 1. The molecule has 1 amide bonds. The average Bonchev–Trinajstić information content (AvgIpc) is 2.47. The summed E-state index contributed by atoms with van der Waals surface area (Å²) in [5.41, 5.74) is 5.89. The Morgan fingerprint density at radius 2 is 1.86 bits per heavy atom. The van der Waals surface area contributed by atoms with Crippen LogP contribution in [0.5, 0.6) is 0 Å². The van der Waals surface area contributed by atoms with E-state index in [4.69, 9.17) is 15.2 Å². The molecule has 0 aliphatic carbocycles. The Bertz CT molecular complexity index is 499. The fourth-order valence-electron chi connectivity index (χ4n) is 1.73. The zero-order chi connectivity index (χ0) is 15.8. The second kappa shape index (κ2) is 8.18. The van der Waals surface area contributed by atoms with Gasteiger partial charge in [0.15, 0.2) is 0 Å². The molecule has 0 aliphatic rings. The van der Waals surface area contributed by atoms with E-state index in [0.29, 0.717) is 26.3 Å². The van der Waals surface area contributed by atoms with Crippen LogP contribution in [0.1, 0.15) is 10.4 Å². The zero-order valence-corrected chi connectivity index (χ0v) is 12.1. The van der Waals surface area contributed by atoms with Crippen LogP contribution in [0, 0.1) is 10.1 Å². The highest BCUT2D eigenvalue weighted by Crippen LogP contribution is 2.21. The minimum absolute atomic E-state index is 0.108. The molecule has 0 bridgehead atoms. The first kappa shape index (κ1) is 16.9. The van der Waals surface area contributed by atoms with Crippen LogP contribution >= 0.6 is 0 Å². The molecule has 1 rings (SSSR count). The van der Waals surface area contributed by atoms with E-state index >= 15 is 0 Å². The van der Waals surface area contributed by atoms with Gasteiger partial charge in [-0.25, -0.2) is 0 Å². The number of nitrogen functional groups attached to an aromatic ring is 1. The number of nitrogens with two attached hydrogens (primary N) is 1. The molecule has 1 aromatic carbocycles. The summed E-state index contributed by atoms with van der Waals surface area (Å²) in [6, 6.07) is 3.81. The Morgan fingerprint density at radius 1 is 1.29 bits per heavy atom. The van der Waals surface area contributed by atoms with E-state index in [1.807, 2.05) is 0 Å². The van der Waals surface area contributed by atoms with Crippen molar-refractivity contribution < 1.29 is 19.2 Å². The standard InChI is InChI=1S/C13H19N3O5/c1-20-7-5-15(6-8-21-2)13(17)11-9-10(16(18)19)3-4-12(11)14/h3-4,9H,5-8,14H2,1-2H3. The number of amides is 1. The molecule has 0 saturated heterocycles. The topological polar surface area (TPSA) is 108 Å². The van der Waals surface area contributed by atoms with Crippen LogP contribution in [0.4, 0.5) is 11.4 Å². The molecule has 116 valence electrons.